The zero-order valence-corrected chi connectivity index (χ0v) is 9.85. The molecule has 1 saturated heterocycles. The maximum absolute atomic E-state index is 12.2. The Balaban J connectivity index is 2.33. The van der Waals surface area contributed by atoms with Crippen LogP contribution in [0.5, 0.6) is 11.5 Å². The predicted molar refractivity (Wildman–Crippen MR) is 62.9 cm³/mol. The number of carbonyl (C=O) groups is 2. The molecule has 0 aliphatic carbocycles. The lowest BCUT2D eigenvalue weighted by Crippen LogP contribution is -2.40. The van der Waals surface area contributed by atoms with E-state index < -0.39 is 24.0 Å². The smallest absolute Gasteiger partial charge is 0.326 e. The van der Waals surface area contributed by atoms with E-state index in [4.69, 9.17) is 5.11 Å². The van der Waals surface area contributed by atoms with Gasteiger partial charge >= 0.3 is 5.97 Å². The molecule has 2 rings (SSSR count). The van der Waals surface area contributed by atoms with Crippen molar-refractivity contribution in [2.24, 2.45) is 0 Å². The van der Waals surface area contributed by atoms with Crippen LogP contribution in [0.1, 0.15) is 16.8 Å². The van der Waals surface area contributed by atoms with Crippen LogP contribution in [0.15, 0.2) is 18.2 Å². The first-order chi connectivity index (χ1) is 8.90. The fourth-order valence-corrected chi connectivity index (χ4v) is 2.12. The number of amides is 1. The summed E-state index contributed by atoms with van der Waals surface area (Å²) >= 11 is 0. The highest BCUT2D eigenvalue weighted by atomic mass is 16.4. The Morgan fingerprint density at radius 2 is 1.95 bits per heavy atom. The fraction of sp³-hybridized carbons (Fsp3) is 0.333. The quantitative estimate of drug-likeness (QED) is 0.549. The van der Waals surface area contributed by atoms with Crippen molar-refractivity contribution in [2.75, 3.05) is 6.54 Å². The van der Waals surface area contributed by atoms with E-state index in [9.17, 15) is 24.9 Å². The van der Waals surface area contributed by atoms with E-state index in [0.29, 0.717) is 0 Å². The van der Waals surface area contributed by atoms with E-state index in [0.717, 1.165) is 17.0 Å². The molecule has 7 nitrogen and oxygen atoms in total. The van der Waals surface area contributed by atoms with Gasteiger partial charge in [0.1, 0.15) is 17.5 Å². The summed E-state index contributed by atoms with van der Waals surface area (Å²) in [6.07, 6.45) is -0.967. The van der Waals surface area contributed by atoms with Crippen LogP contribution in [0.25, 0.3) is 0 Å². The Kier molecular flexibility index (Phi) is 3.30. The Morgan fingerprint density at radius 3 is 2.58 bits per heavy atom. The summed E-state index contributed by atoms with van der Waals surface area (Å²) in [5.41, 5.74) is -0.194. The lowest BCUT2D eigenvalue weighted by atomic mass is 10.1. The molecular weight excluding hydrogens is 254 g/mol. The average Bonchev–Trinajstić information content (AvgIpc) is 2.74. The van der Waals surface area contributed by atoms with Crippen LogP contribution in [0.2, 0.25) is 0 Å². The van der Waals surface area contributed by atoms with Gasteiger partial charge in [0.15, 0.2) is 0 Å². The first kappa shape index (κ1) is 13.2. The minimum atomic E-state index is -1.22. The van der Waals surface area contributed by atoms with Gasteiger partial charge in [-0.3, -0.25) is 4.79 Å². The van der Waals surface area contributed by atoms with Gasteiger partial charge in [0, 0.05) is 13.0 Å². The SMILES string of the molecule is O=C(O)C1CC(O)CN1C(=O)c1cc(O)ccc1O. The molecule has 19 heavy (non-hydrogen) atoms. The van der Waals surface area contributed by atoms with Crippen LogP contribution in [-0.2, 0) is 4.79 Å². The molecule has 1 aromatic rings. The first-order valence-corrected chi connectivity index (χ1v) is 5.64. The number of aromatic hydroxyl groups is 2. The lowest BCUT2D eigenvalue weighted by molar-refractivity contribution is -0.141. The maximum atomic E-state index is 12.2. The number of carbonyl (C=O) groups excluding carboxylic acids is 1. The van der Waals surface area contributed by atoms with Crippen LogP contribution >= 0.6 is 0 Å². The summed E-state index contributed by atoms with van der Waals surface area (Å²) in [5.74, 6) is -2.53. The van der Waals surface area contributed by atoms with Gasteiger partial charge in [-0.2, -0.15) is 0 Å². The number of carboxylic acid groups (broad SMARTS) is 1. The summed E-state index contributed by atoms with van der Waals surface area (Å²) < 4.78 is 0. The number of likely N-dealkylation sites (tertiary alicyclic amines) is 1. The van der Waals surface area contributed by atoms with E-state index in [1.807, 2.05) is 0 Å². The van der Waals surface area contributed by atoms with Gasteiger partial charge in [0.2, 0.25) is 0 Å². The minimum Gasteiger partial charge on any atom is -0.508 e. The predicted octanol–water partition coefficient (Wildman–Crippen LogP) is -0.242. The molecule has 1 aliphatic heterocycles. The largest absolute Gasteiger partial charge is 0.508 e. The number of hydrogen-bond acceptors (Lipinski definition) is 5. The molecule has 0 aromatic heterocycles. The van der Waals surface area contributed by atoms with Crippen molar-refractivity contribution in [3.63, 3.8) is 0 Å². The molecule has 1 aliphatic rings. The third-order valence-corrected chi connectivity index (χ3v) is 3.04. The molecule has 1 aromatic carbocycles. The number of benzene rings is 1. The Labute approximate surface area is 108 Å². The molecule has 102 valence electrons. The molecule has 0 bridgehead atoms. The Bertz CT molecular complexity index is 529. The number of hydrogen-bond donors (Lipinski definition) is 4. The number of aliphatic carboxylic acids is 1. The van der Waals surface area contributed by atoms with Crippen molar-refractivity contribution in [2.45, 2.75) is 18.6 Å². The number of β-amino-alcohol motifs (C(OH)–C–C–N with tert-alkyl or cyclic N) is 1. The lowest BCUT2D eigenvalue weighted by Gasteiger charge is -2.21. The standard InChI is InChI=1S/C12H13NO6/c14-6-1-2-10(16)8(3-6)11(17)13-5-7(15)4-9(13)12(18)19/h1-3,7,9,14-16H,4-5H2,(H,18,19). The van der Waals surface area contributed by atoms with Crippen molar-refractivity contribution < 1.29 is 30.0 Å². The molecule has 7 heteroatoms. The third kappa shape index (κ3) is 2.45. The molecule has 1 fully saturated rings. The van der Waals surface area contributed by atoms with Crippen LogP contribution in [0.4, 0.5) is 0 Å². The number of aliphatic hydroxyl groups excluding tert-OH is 1. The van der Waals surface area contributed by atoms with Crippen LogP contribution in [0, 0.1) is 0 Å². The molecule has 0 spiro atoms. The molecular formula is C12H13NO6. The molecule has 0 radical (unpaired) electrons. The Hall–Kier alpha value is -2.28. The number of carboxylic acids is 1. The summed E-state index contributed by atoms with van der Waals surface area (Å²) in [5, 5.41) is 37.4. The van der Waals surface area contributed by atoms with Crippen molar-refractivity contribution in [3.8, 4) is 11.5 Å². The number of phenolic OH excluding ortho intramolecular Hbond substituents is 2. The number of nitrogens with zero attached hydrogens (tertiary/aromatic N) is 1. The van der Waals surface area contributed by atoms with Gasteiger partial charge in [-0.25, -0.2) is 4.79 Å². The van der Waals surface area contributed by atoms with Crippen molar-refractivity contribution >= 4 is 11.9 Å². The average molecular weight is 267 g/mol. The van der Waals surface area contributed by atoms with Crippen LogP contribution in [0.3, 0.4) is 0 Å². The summed E-state index contributed by atoms with van der Waals surface area (Å²) in [6, 6.07) is 2.27. The second-order valence-corrected chi connectivity index (χ2v) is 4.40. The van der Waals surface area contributed by atoms with Gasteiger partial charge in [-0.1, -0.05) is 0 Å². The molecule has 4 N–H and O–H groups in total. The topological polar surface area (TPSA) is 118 Å². The van der Waals surface area contributed by atoms with Crippen molar-refractivity contribution in [1.29, 1.82) is 0 Å². The van der Waals surface area contributed by atoms with E-state index in [1.54, 1.807) is 0 Å². The van der Waals surface area contributed by atoms with Crippen molar-refractivity contribution in [3.05, 3.63) is 23.8 Å². The van der Waals surface area contributed by atoms with Gasteiger partial charge in [0.25, 0.3) is 5.91 Å². The highest BCUT2D eigenvalue weighted by Gasteiger charge is 2.39. The maximum Gasteiger partial charge on any atom is 0.326 e. The Morgan fingerprint density at radius 1 is 1.26 bits per heavy atom. The highest BCUT2D eigenvalue weighted by molar-refractivity contribution is 5.99. The van der Waals surface area contributed by atoms with Crippen LogP contribution in [-0.4, -0.2) is 55.9 Å². The molecule has 2 atom stereocenters. The molecule has 1 heterocycles. The molecule has 1 amide bonds. The monoisotopic (exact) mass is 267 g/mol. The molecule has 2 unspecified atom stereocenters. The second-order valence-electron chi connectivity index (χ2n) is 4.40. The van der Waals surface area contributed by atoms with Crippen molar-refractivity contribution in [1.82, 2.24) is 4.90 Å². The number of rotatable bonds is 2. The van der Waals surface area contributed by atoms with Gasteiger partial charge in [-0.05, 0) is 18.2 Å². The second kappa shape index (κ2) is 4.77. The summed E-state index contributed by atoms with van der Waals surface area (Å²) in [6.45, 7) is -0.120. The first-order valence-electron chi connectivity index (χ1n) is 5.64. The van der Waals surface area contributed by atoms with Gasteiger partial charge < -0.3 is 25.3 Å². The molecule has 0 saturated carbocycles. The van der Waals surface area contributed by atoms with E-state index in [1.165, 1.54) is 6.07 Å². The number of aliphatic hydroxyl groups is 1. The zero-order chi connectivity index (χ0) is 14.2. The summed E-state index contributed by atoms with van der Waals surface area (Å²) in [7, 11) is 0. The number of phenols is 2. The van der Waals surface area contributed by atoms with Crippen LogP contribution < -0.4 is 0 Å². The minimum absolute atomic E-state index is 0.0549. The highest BCUT2D eigenvalue weighted by Crippen LogP contribution is 2.27. The van der Waals surface area contributed by atoms with E-state index in [2.05, 4.69) is 0 Å². The zero-order valence-electron chi connectivity index (χ0n) is 9.85. The van der Waals surface area contributed by atoms with Gasteiger partial charge in [-0.15, -0.1) is 0 Å². The fourth-order valence-electron chi connectivity index (χ4n) is 2.12. The van der Waals surface area contributed by atoms with Gasteiger partial charge in [0.05, 0.1) is 11.7 Å². The summed E-state index contributed by atoms with van der Waals surface area (Å²) in [4.78, 5) is 24.2. The van der Waals surface area contributed by atoms with E-state index >= 15 is 0 Å². The van der Waals surface area contributed by atoms with E-state index in [-0.39, 0.29) is 30.0 Å². The third-order valence-electron chi connectivity index (χ3n) is 3.04. The normalized spacial score (nSPS) is 22.5.